The lowest BCUT2D eigenvalue weighted by Crippen LogP contribution is -2.35. The fraction of sp³-hybridized carbons (Fsp3) is 0.560. The van der Waals surface area contributed by atoms with Gasteiger partial charge in [0.05, 0.1) is 24.6 Å². The highest BCUT2D eigenvalue weighted by atomic mass is 16.5. The van der Waals surface area contributed by atoms with E-state index in [0.29, 0.717) is 24.3 Å². The molecule has 34 heavy (non-hydrogen) atoms. The minimum absolute atomic E-state index is 0.0585. The van der Waals surface area contributed by atoms with Crippen LogP contribution in [0.2, 0.25) is 0 Å². The summed E-state index contributed by atoms with van der Waals surface area (Å²) in [6, 6.07) is 6.43. The minimum Gasteiger partial charge on any atom is -0.492 e. The van der Waals surface area contributed by atoms with E-state index in [-0.39, 0.29) is 12.0 Å². The fourth-order valence-corrected chi connectivity index (χ4v) is 4.62. The van der Waals surface area contributed by atoms with Gasteiger partial charge in [0, 0.05) is 51.4 Å². The van der Waals surface area contributed by atoms with E-state index in [0.717, 1.165) is 68.3 Å². The van der Waals surface area contributed by atoms with Crippen molar-refractivity contribution in [3.63, 3.8) is 0 Å². The molecule has 2 N–H and O–H groups in total. The highest BCUT2D eigenvalue weighted by Crippen LogP contribution is 2.36. The van der Waals surface area contributed by atoms with Crippen molar-refractivity contribution >= 4 is 34.7 Å². The van der Waals surface area contributed by atoms with Gasteiger partial charge in [-0.1, -0.05) is 0 Å². The number of amides is 1. The van der Waals surface area contributed by atoms with Gasteiger partial charge in [0.25, 0.3) is 0 Å². The molecule has 2 saturated heterocycles. The maximum atomic E-state index is 12.1. The van der Waals surface area contributed by atoms with Crippen LogP contribution < -0.4 is 24.8 Å². The molecule has 9 nitrogen and oxygen atoms in total. The van der Waals surface area contributed by atoms with Crippen LogP contribution in [0.25, 0.3) is 0 Å². The summed E-state index contributed by atoms with van der Waals surface area (Å²) in [6.07, 6.45) is 5.25. The van der Waals surface area contributed by atoms with Crippen LogP contribution in [0.5, 0.6) is 5.75 Å². The molecule has 1 atom stereocenters. The first-order valence-electron chi connectivity index (χ1n) is 12.2. The molecule has 0 aliphatic carbocycles. The Labute approximate surface area is 201 Å². The second kappa shape index (κ2) is 10.5. The third kappa shape index (κ3) is 5.19. The number of anilines is 5. The number of hydrogen-bond acceptors (Lipinski definition) is 8. The van der Waals surface area contributed by atoms with Crippen molar-refractivity contribution in [3.05, 3.63) is 24.4 Å². The maximum Gasteiger partial charge on any atom is 0.229 e. The Morgan fingerprint density at radius 1 is 1.26 bits per heavy atom. The zero-order valence-corrected chi connectivity index (χ0v) is 20.6. The molecule has 0 unspecified atom stereocenters. The van der Waals surface area contributed by atoms with Gasteiger partial charge >= 0.3 is 0 Å². The van der Waals surface area contributed by atoms with E-state index < -0.39 is 0 Å². The van der Waals surface area contributed by atoms with Gasteiger partial charge in [0.1, 0.15) is 11.4 Å². The van der Waals surface area contributed by atoms with Crippen molar-refractivity contribution in [3.8, 4) is 5.75 Å². The molecule has 2 aromatic rings. The van der Waals surface area contributed by atoms with Crippen LogP contribution >= 0.6 is 0 Å². The third-order valence-corrected chi connectivity index (χ3v) is 6.75. The highest BCUT2D eigenvalue weighted by molar-refractivity contribution is 5.94. The molecule has 2 fully saturated rings. The molecule has 3 heterocycles. The summed E-state index contributed by atoms with van der Waals surface area (Å²) in [5.74, 6) is 1.90. The van der Waals surface area contributed by atoms with Crippen molar-refractivity contribution in [2.45, 2.75) is 58.6 Å². The van der Waals surface area contributed by atoms with E-state index in [1.807, 2.05) is 19.1 Å². The van der Waals surface area contributed by atoms with Crippen molar-refractivity contribution in [2.75, 3.05) is 53.3 Å². The van der Waals surface area contributed by atoms with Gasteiger partial charge in [-0.15, -0.1) is 0 Å². The van der Waals surface area contributed by atoms with Gasteiger partial charge in [-0.3, -0.25) is 4.79 Å². The zero-order valence-electron chi connectivity index (χ0n) is 20.6. The first-order chi connectivity index (χ1) is 16.4. The molecule has 1 aromatic carbocycles. The zero-order chi connectivity index (χ0) is 24.2. The molecule has 1 aromatic heterocycles. The quantitative estimate of drug-likeness (QED) is 0.637. The largest absolute Gasteiger partial charge is 0.492 e. The van der Waals surface area contributed by atoms with E-state index in [4.69, 9.17) is 9.72 Å². The average molecular weight is 469 g/mol. The lowest BCUT2D eigenvalue weighted by Gasteiger charge is -2.32. The van der Waals surface area contributed by atoms with E-state index in [2.05, 4.69) is 33.1 Å². The molecule has 9 heteroatoms. The number of hydrogen-bond donors (Lipinski definition) is 2. The van der Waals surface area contributed by atoms with Crippen LogP contribution in [0.3, 0.4) is 0 Å². The van der Waals surface area contributed by atoms with E-state index in [9.17, 15) is 9.90 Å². The Morgan fingerprint density at radius 3 is 2.68 bits per heavy atom. The van der Waals surface area contributed by atoms with Gasteiger partial charge in [-0.25, -0.2) is 4.98 Å². The molecule has 0 bridgehead atoms. The Balaban J connectivity index is 1.62. The molecular weight excluding hydrogens is 432 g/mol. The molecule has 0 radical (unpaired) electrons. The van der Waals surface area contributed by atoms with Crippen molar-refractivity contribution in [1.29, 1.82) is 0 Å². The number of aliphatic hydroxyl groups excluding tert-OH is 1. The average Bonchev–Trinajstić information content (AvgIpc) is 3.26. The SMILES string of the molecule is CCOc1cc(N2CCC(O)CC2)ccc1Nc1ncc(N(C)C(C)=O)c(N2CCC[C@H]2C)n1. The Hall–Kier alpha value is -3.07. The van der Waals surface area contributed by atoms with Crippen molar-refractivity contribution in [1.82, 2.24) is 9.97 Å². The number of aliphatic hydroxyl groups is 1. The number of piperidine rings is 1. The monoisotopic (exact) mass is 468 g/mol. The van der Waals surface area contributed by atoms with Gasteiger partial charge in [0.2, 0.25) is 11.9 Å². The Kier molecular flexibility index (Phi) is 7.41. The smallest absolute Gasteiger partial charge is 0.229 e. The number of aromatic nitrogens is 2. The number of nitrogens with one attached hydrogen (secondary N) is 1. The second-order valence-electron chi connectivity index (χ2n) is 9.12. The number of benzene rings is 1. The topological polar surface area (TPSA) is 94.1 Å². The summed E-state index contributed by atoms with van der Waals surface area (Å²) >= 11 is 0. The van der Waals surface area contributed by atoms with Crippen LogP contribution in [0, 0.1) is 0 Å². The third-order valence-electron chi connectivity index (χ3n) is 6.75. The molecule has 1 amide bonds. The van der Waals surface area contributed by atoms with Crippen molar-refractivity contribution in [2.24, 2.45) is 0 Å². The summed E-state index contributed by atoms with van der Waals surface area (Å²) in [5, 5.41) is 13.2. The summed E-state index contributed by atoms with van der Waals surface area (Å²) in [5.41, 5.74) is 2.57. The number of carbonyl (C=O) groups excluding carboxylic acids is 1. The van der Waals surface area contributed by atoms with Crippen LogP contribution in [-0.2, 0) is 4.79 Å². The van der Waals surface area contributed by atoms with E-state index in [1.165, 1.54) is 0 Å². The van der Waals surface area contributed by atoms with Crippen LogP contribution in [0.4, 0.5) is 28.8 Å². The van der Waals surface area contributed by atoms with Crippen LogP contribution in [0.15, 0.2) is 24.4 Å². The predicted molar refractivity (Wildman–Crippen MR) is 136 cm³/mol. The fourth-order valence-electron chi connectivity index (χ4n) is 4.62. The van der Waals surface area contributed by atoms with Crippen molar-refractivity contribution < 1.29 is 14.6 Å². The van der Waals surface area contributed by atoms with Crippen LogP contribution in [0.1, 0.15) is 46.5 Å². The summed E-state index contributed by atoms with van der Waals surface area (Å²) in [6.45, 7) is 8.78. The summed E-state index contributed by atoms with van der Waals surface area (Å²) < 4.78 is 5.94. The Bertz CT molecular complexity index is 1010. The van der Waals surface area contributed by atoms with E-state index >= 15 is 0 Å². The standard InChI is InChI=1S/C25H36N6O3/c1-5-34-23-15-19(30-13-10-20(33)11-14-30)8-9-21(23)27-25-26-16-22(29(4)18(3)32)24(28-25)31-12-6-7-17(31)2/h8-9,15-17,20,33H,5-7,10-14H2,1-4H3,(H,26,27,28)/t17-/m1/s1. The van der Waals surface area contributed by atoms with E-state index in [1.54, 1.807) is 25.1 Å². The minimum atomic E-state index is -0.210. The molecule has 0 saturated carbocycles. The highest BCUT2D eigenvalue weighted by Gasteiger charge is 2.27. The normalized spacial score (nSPS) is 18.8. The Morgan fingerprint density at radius 2 is 2.03 bits per heavy atom. The number of rotatable bonds is 7. The van der Waals surface area contributed by atoms with Gasteiger partial charge in [-0.2, -0.15) is 4.98 Å². The molecule has 184 valence electrons. The maximum absolute atomic E-state index is 12.1. The number of carbonyl (C=O) groups is 1. The first-order valence-corrected chi connectivity index (χ1v) is 12.2. The molecule has 2 aliphatic rings. The van der Waals surface area contributed by atoms with Gasteiger partial charge in [0.15, 0.2) is 5.82 Å². The second-order valence-corrected chi connectivity index (χ2v) is 9.12. The van der Waals surface area contributed by atoms with Gasteiger partial charge < -0.3 is 29.9 Å². The molecule has 0 spiro atoms. The lowest BCUT2D eigenvalue weighted by molar-refractivity contribution is -0.116. The van der Waals surface area contributed by atoms with Crippen LogP contribution in [-0.4, -0.2) is 66.4 Å². The van der Waals surface area contributed by atoms with Gasteiger partial charge in [-0.05, 0) is 51.7 Å². The number of ether oxygens (including phenoxy) is 1. The lowest BCUT2D eigenvalue weighted by atomic mass is 10.1. The summed E-state index contributed by atoms with van der Waals surface area (Å²) in [7, 11) is 1.75. The first kappa shape index (κ1) is 24.1. The molecule has 4 rings (SSSR count). The number of nitrogens with zero attached hydrogens (tertiary/aromatic N) is 5. The summed E-state index contributed by atoms with van der Waals surface area (Å²) in [4.78, 5) is 27.5. The molecular formula is C25H36N6O3. The predicted octanol–water partition coefficient (Wildman–Crippen LogP) is 3.55. The molecule has 2 aliphatic heterocycles.